The zero-order valence-electron chi connectivity index (χ0n) is 18.4. The first kappa shape index (κ1) is 20.3. The van der Waals surface area contributed by atoms with Crippen molar-refractivity contribution in [2.24, 2.45) is 7.05 Å². The smallest absolute Gasteiger partial charge is 0.243 e. The SMILES string of the molecule is CC(=O)Nc1cccc2c1ccn2CC(=O)N1CCCC[C@@H]1c1nc2ccccc2n1C. The first-order valence-corrected chi connectivity index (χ1v) is 11.1. The van der Waals surface area contributed by atoms with Gasteiger partial charge in [0, 0.05) is 32.1 Å². The van der Waals surface area contributed by atoms with Crippen LogP contribution in [0, 0.1) is 0 Å². The highest BCUT2D eigenvalue weighted by atomic mass is 16.2. The third-order valence-corrected chi connectivity index (χ3v) is 6.37. The van der Waals surface area contributed by atoms with Crippen LogP contribution in [-0.4, -0.2) is 37.4 Å². The van der Waals surface area contributed by atoms with Crippen molar-refractivity contribution in [2.75, 3.05) is 11.9 Å². The third kappa shape index (κ3) is 3.53. The predicted octanol–water partition coefficient (Wildman–Crippen LogP) is 4.24. The lowest BCUT2D eigenvalue weighted by Gasteiger charge is -2.35. The molecule has 0 saturated carbocycles. The van der Waals surface area contributed by atoms with E-state index in [4.69, 9.17) is 4.98 Å². The molecule has 0 aliphatic carbocycles. The Labute approximate surface area is 186 Å². The molecule has 1 aliphatic heterocycles. The molecule has 32 heavy (non-hydrogen) atoms. The van der Waals surface area contributed by atoms with Gasteiger partial charge in [-0.2, -0.15) is 0 Å². The molecule has 5 rings (SSSR count). The van der Waals surface area contributed by atoms with E-state index in [1.807, 2.05) is 65.2 Å². The minimum absolute atomic E-state index is 0.0228. The molecule has 2 aromatic carbocycles. The van der Waals surface area contributed by atoms with Gasteiger partial charge in [-0.05, 0) is 49.6 Å². The molecule has 1 N–H and O–H groups in total. The number of hydrogen-bond acceptors (Lipinski definition) is 3. The van der Waals surface area contributed by atoms with E-state index >= 15 is 0 Å². The average Bonchev–Trinajstić information content (AvgIpc) is 3.35. The lowest BCUT2D eigenvalue weighted by Crippen LogP contribution is -2.41. The highest BCUT2D eigenvalue weighted by Gasteiger charge is 2.31. The maximum Gasteiger partial charge on any atom is 0.243 e. The molecular weight excluding hydrogens is 402 g/mol. The van der Waals surface area contributed by atoms with Gasteiger partial charge in [-0.15, -0.1) is 0 Å². The number of aryl methyl sites for hydroxylation is 1. The number of aromatic nitrogens is 3. The molecule has 1 saturated heterocycles. The second-order valence-electron chi connectivity index (χ2n) is 8.48. The number of fused-ring (bicyclic) bond motifs is 2. The van der Waals surface area contributed by atoms with Gasteiger partial charge in [0.05, 0.1) is 28.3 Å². The van der Waals surface area contributed by atoms with Gasteiger partial charge in [0.1, 0.15) is 12.4 Å². The number of benzene rings is 2. The number of carbonyl (C=O) groups is 2. The van der Waals surface area contributed by atoms with Gasteiger partial charge in [0.15, 0.2) is 0 Å². The van der Waals surface area contributed by atoms with Gasteiger partial charge in [0.25, 0.3) is 0 Å². The second-order valence-corrected chi connectivity index (χ2v) is 8.48. The zero-order chi connectivity index (χ0) is 22.2. The molecular formula is C25H27N5O2. The minimum Gasteiger partial charge on any atom is -0.338 e. The molecule has 7 nitrogen and oxygen atoms in total. The normalized spacial score (nSPS) is 16.6. The van der Waals surface area contributed by atoms with E-state index in [0.29, 0.717) is 0 Å². The largest absolute Gasteiger partial charge is 0.338 e. The quantitative estimate of drug-likeness (QED) is 0.527. The number of imidazole rings is 1. The van der Waals surface area contributed by atoms with Crippen LogP contribution in [0.3, 0.4) is 0 Å². The van der Waals surface area contributed by atoms with E-state index in [0.717, 1.165) is 59.3 Å². The van der Waals surface area contributed by atoms with Crippen molar-refractivity contribution in [2.45, 2.75) is 38.8 Å². The molecule has 0 spiro atoms. The molecule has 2 aromatic heterocycles. The van der Waals surface area contributed by atoms with Crippen molar-refractivity contribution < 1.29 is 9.59 Å². The molecule has 1 aliphatic rings. The van der Waals surface area contributed by atoms with Crippen molar-refractivity contribution in [3.8, 4) is 0 Å². The number of para-hydroxylation sites is 2. The van der Waals surface area contributed by atoms with Gasteiger partial charge in [-0.3, -0.25) is 9.59 Å². The fourth-order valence-electron chi connectivity index (χ4n) is 4.86. The number of piperidine rings is 1. The van der Waals surface area contributed by atoms with Crippen LogP contribution in [0.5, 0.6) is 0 Å². The number of nitrogens with one attached hydrogen (secondary N) is 1. The second kappa shape index (κ2) is 8.15. The van der Waals surface area contributed by atoms with Crippen LogP contribution in [0.15, 0.2) is 54.7 Å². The van der Waals surface area contributed by atoms with E-state index in [2.05, 4.69) is 16.0 Å². The molecule has 164 valence electrons. The van der Waals surface area contributed by atoms with E-state index in [-0.39, 0.29) is 24.4 Å². The summed E-state index contributed by atoms with van der Waals surface area (Å²) < 4.78 is 4.08. The van der Waals surface area contributed by atoms with Crippen LogP contribution in [-0.2, 0) is 23.2 Å². The summed E-state index contributed by atoms with van der Waals surface area (Å²) in [5, 5.41) is 3.80. The van der Waals surface area contributed by atoms with E-state index < -0.39 is 0 Å². The molecule has 2 amide bonds. The van der Waals surface area contributed by atoms with Crippen molar-refractivity contribution in [1.82, 2.24) is 19.0 Å². The number of nitrogens with zero attached hydrogens (tertiary/aromatic N) is 4. The fraction of sp³-hybridized carbons (Fsp3) is 0.320. The molecule has 4 aromatic rings. The van der Waals surface area contributed by atoms with Crippen LogP contribution < -0.4 is 5.32 Å². The highest BCUT2D eigenvalue weighted by molar-refractivity contribution is 6.01. The van der Waals surface area contributed by atoms with Gasteiger partial charge >= 0.3 is 0 Å². The Kier molecular flexibility index (Phi) is 5.17. The van der Waals surface area contributed by atoms with Gasteiger partial charge in [-0.1, -0.05) is 18.2 Å². The summed E-state index contributed by atoms with van der Waals surface area (Å²) in [6, 6.07) is 15.8. The van der Waals surface area contributed by atoms with Crippen LogP contribution in [0.25, 0.3) is 21.9 Å². The van der Waals surface area contributed by atoms with Gasteiger partial charge in [-0.25, -0.2) is 4.98 Å². The van der Waals surface area contributed by atoms with Gasteiger partial charge < -0.3 is 19.4 Å². The Morgan fingerprint density at radius 3 is 2.69 bits per heavy atom. The monoisotopic (exact) mass is 429 g/mol. The van der Waals surface area contributed by atoms with Crippen LogP contribution in [0.1, 0.15) is 38.1 Å². The Hall–Kier alpha value is -3.61. The van der Waals surface area contributed by atoms with Crippen molar-refractivity contribution >= 4 is 39.4 Å². The number of hydrogen-bond donors (Lipinski definition) is 1. The summed E-state index contributed by atoms with van der Waals surface area (Å²) in [5.41, 5.74) is 3.74. The molecule has 3 heterocycles. The number of likely N-dealkylation sites (tertiary alicyclic amines) is 1. The van der Waals surface area contributed by atoms with Gasteiger partial charge in [0.2, 0.25) is 11.8 Å². The zero-order valence-corrected chi connectivity index (χ0v) is 18.4. The molecule has 1 fully saturated rings. The van der Waals surface area contributed by atoms with Crippen molar-refractivity contribution in [3.05, 3.63) is 60.6 Å². The Bertz CT molecular complexity index is 1320. The summed E-state index contributed by atoms with van der Waals surface area (Å²) in [6.45, 7) is 2.49. The van der Waals surface area contributed by atoms with E-state index in [1.165, 1.54) is 6.92 Å². The van der Waals surface area contributed by atoms with Crippen LogP contribution in [0.4, 0.5) is 5.69 Å². The number of anilines is 1. The summed E-state index contributed by atoms with van der Waals surface area (Å²) in [7, 11) is 2.03. The van der Waals surface area contributed by atoms with Crippen LogP contribution in [0.2, 0.25) is 0 Å². The lowest BCUT2D eigenvalue weighted by atomic mass is 10.0. The summed E-state index contributed by atoms with van der Waals surface area (Å²) in [6.07, 6.45) is 4.93. The van der Waals surface area contributed by atoms with E-state index in [1.54, 1.807) is 0 Å². The average molecular weight is 430 g/mol. The summed E-state index contributed by atoms with van der Waals surface area (Å²) >= 11 is 0. The highest BCUT2D eigenvalue weighted by Crippen LogP contribution is 2.33. The standard InChI is InChI=1S/C25H27N5O2/c1-17(31)26-19-9-7-12-21-18(19)13-15-29(21)16-24(32)30-14-6-5-11-23(30)25-27-20-8-3-4-10-22(20)28(25)2/h3-4,7-10,12-13,15,23H,5-6,11,14,16H2,1-2H3,(H,26,31)/t23-/m1/s1. The lowest BCUT2D eigenvalue weighted by molar-refractivity contribution is -0.135. The van der Waals surface area contributed by atoms with Crippen LogP contribution >= 0.6 is 0 Å². The molecule has 0 bridgehead atoms. The predicted molar refractivity (Wildman–Crippen MR) is 125 cm³/mol. The number of rotatable bonds is 4. The summed E-state index contributed by atoms with van der Waals surface area (Å²) in [4.78, 5) is 31.9. The maximum atomic E-state index is 13.5. The first-order chi connectivity index (χ1) is 15.5. The maximum absolute atomic E-state index is 13.5. The summed E-state index contributed by atoms with van der Waals surface area (Å²) in [5.74, 6) is 0.925. The molecule has 7 heteroatoms. The van der Waals surface area contributed by atoms with Crippen molar-refractivity contribution in [1.29, 1.82) is 0 Å². The Morgan fingerprint density at radius 1 is 1.06 bits per heavy atom. The molecule has 0 unspecified atom stereocenters. The topological polar surface area (TPSA) is 72.2 Å². The fourth-order valence-corrected chi connectivity index (χ4v) is 4.86. The molecule has 0 radical (unpaired) electrons. The van der Waals surface area contributed by atoms with E-state index in [9.17, 15) is 9.59 Å². The minimum atomic E-state index is -0.111. The number of amides is 2. The Balaban J connectivity index is 1.44. The first-order valence-electron chi connectivity index (χ1n) is 11.1. The molecule has 1 atom stereocenters. The third-order valence-electron chi connectivity index (χ3n) is 6.37. The number of carbonyl (C=O) groups excluding carboxylic acids is 2. The van der Waals surface area contributed by atoms with Crippen molar-refractivity contribution in [3.63, 3.8) is 0 Å². The Morgan fingerprint density at radius 2 is 1.88 bits per heavy atom.